The van der Waals surface area contributed by atoms with Crippen LogP contribution in [0.5, 0.6) is 11.5 Å². The molecule has 1 aliphatic rings. The number of rotatable bonds is 8. The summed E-state index contributed by atoms with van der Waals surface area (Å²) < 4.78 is 56.0. The van der Waals surface area contributed by atoms with Crippen molar-refractivity contribution in [1.29, 1.82) is 0 Å². The molecule has 2 aromatic carbocycles. The Morgan fingerprint density at radius 1 is 1.20 bits per heavy atom. The van der Waals surface area contributed by atoms with Gasteiger partial charge in [-0.1, -0.05) is 6.07 Å². The number of carbonyl (C=O) groups excluding carboxylic acids is 1. The molecule has 0 bridgehead atoms. The van der Waals surface area contributed by atoms with Crippen molar-refractivity contribution in [3.8, 4) is 11.5 Å². The van der Waals surface area contributed by atoms with E-state index < -0.39 is 21.7 Å². The van der Waals surface area contributed by atoms with Crippen LogP contribution in [-0.2, 0) is 19.6 Å². The number of morpholine rings is 1. The van der Waals surface area contributed by atoms with E-state index in [4.69, 9.17) is 14.2 Å². The Labute approximate surface area is 174 Å². The van der Waals surface area contributed by atoms with Crippen molar-refractivity contribution in [3.63, 3.8) is 0 Å². The first-order chi connectivity index (χ1) is 14.4. The van der Waals surface area contributed by atoms with Crippen LogP contribution in [-0.4, -0.2) is 58.7 Å². The van der Waals surface area contributed by atoms with Crippen molar-refractivity contribution in [2.45, 2.75) is 11.3 Å². The summed E-state index contributed by atoms with van der Waals surface area (Å²) in [7, 11) is -2.29. The predicted molar refractivity (Wildman–Crippen MR) is 108 cm³/mol. The van der Waals surface area contributed by atoms with Gasteiger partial charge in [-0.15, -0.1) is 0 Å². The predicted octanol–water partition coefficient (Wildman–Crippen LogP) is 2.26. The lowest BCUT2D eigenvalue weighted by molar-refractivity contribution is -0.116. The van der Waals surface area contributed by atoms with E-state index in [1.54, 1.807) is 6.07 Å². The normalized spacial score (nSPS) is 14.9. The van der Waals surface area contributed by atoms with Gasteiger partial charge < -0.3 is 19.5 Å². The maximum absolute atomic E-state index is 13.2. The fraction of sp³-hybridized carbons (Fsp3) is 0.350. The first-order valence-electron chi connectivity index (χ1n) is 9.34. The van der Waals surface area contributed by atoms with Gasteiger partial charge in [0.05, 0.1) is 43.9 Å². The first-order valence-corrected chi connectivity index (χ1v) is 10.8. The number of amides is 1. The molecule has 1 amide bonds. The van der Waals surface area contributed by atoms with Crippen LogP contribution in [0.25, 0.3) is 0 Å². The van der Waals surface area contributed by atoms with Crippen LogP contribution in [0.2, 0.25) is 0 Å². The van der Waals surface area contributed by atoms with Gasteiger partial charge >= 0.3 is 0 Å². The van der Waals surface area contributed by atoms with Crippen molar-refractivity contribution in [3.05, 3.63) is 48.3 Å². The number of halogens is 1. The average molecular weight is 438 g/mol. The van der Waals surface area contributed by atoms with E-state index in [-0.39, 0.29) is 36.7 Å². The molecule has 0 radical (unpaired) electrons. The molecular formula is C20H23FN2O6S. The third-order valence-corrected chi connectivity index (χ3v) is 6.34. The lowest BCUT2D eigenvalue weighted by Gasteiger charge is -2.26. The average Bonchev–Trinajstić information content (AvgIpc) is 2.74. The second kappa shape index (κ2) is 9.88. The highest BCUT2D eigenvalue weighted by molar-refractivity contribution is 7.89. The van der Waals surface area contributed by atoms with Gasteiger partial charge in [0, 0.05) is 19.2 Å². The number of nitrogens with one attached hydrogen (secondary N) is 1. The lowest BCUT2D eigenvalue weighted by atomic mass is 10.2. The van der Waals surface area contributed by atoms with E-state index in [2.05, 4.69) is 5.32 Å². The zero-order chi connectivity index (χ0) is 21.6. The Kier molecular flexibility index (Phi) is 7.24. The zero-order valence-electron chi connectivity index (χ0n) is 16.5. The molecule has 162 valence electrons. The van der Waals surface area contributed by atoms with Crippen LogP contribution in [0.3, 0.4) is 0 Å². The fourth-order valence-electron chi connectivity index (χ4n) is 2.91. The van der Waals surface area contributed by atoms with Crippen LogP contribution in [0, 0.1) is 5.82 Å². The fourth-order valence-corrected chi connectivity index (χ4v) is 4.35. The molecule has 30 heavy (non-hydrogen) atoms. The van der Waals surface area contributed by atoms with Crippen molar-refractivity contribution in [2.75, 3.05) is 45.3 Å². The molecule has 1 aliphatic heterocycles. The summed E-state index contributed by atoms with van der Waals surface area (Å²) in [5.41, 5.74) is 0.239. The van der Waals surface area contributed by atoms with Crippen LogP contribution in [0.15, 0.2) is 47.4 Å². The summed E-state index contributed by atoms with van der Waals surface area (Å²) >= 11 is 0. The molecule has 1 saturated heterocycles. The summed E-state index contributed by atoms with van der Waals surface area (Å²) in [6.45, 7) is 1.25. The number of anilines is 1. The molecule has 10 heteroatoms. The smallest absolute Gasteiger partial charge is 0.243 e. The maximum atomic E-state index is 13.2. The van der Waals surface area contributed by atoms with Crippen molar-refractivity contribution < 1.29 is 31.8 Å². The summed E-state index contributed by atoms with van der Waals surface area (Å²) in [4.78, 5) is 12.4. The Morgan fingerprint density at radius 3 is 2.67 bits per heavy atom. The van der Waals surface area contributed by atoms with E-state index in [0.29, 0.717) is 24.7 Å². The van der Waals surface area contributed by atoms with E-state index in [9.17, 15) is 17.6 Å². The number of hydrogen-bond acceptors (Lipinski definition) is 6. The number of ether oxygens (including phenoxy) is 3. The highest BCUT2D eigenvalue weighted by Gasteiger charge is 2.27. The number of hydrogen-bond donors (Lipinski definition) is 1. The molecule has 0 saturated carbocycles. The molecule has 0 aromatic heterocycles. The third kappa shape index (κ3) is 5.47. The first kappa shape index (κ1) is 22.0. The molecule has 0 spiro atoms. The molecule has 0 atom stereocenters. The minimum absolute atomic E-state index is 0.0138. The molecule has 1 N–H and O–H groups in total. The molecule has 8 nitrogen and oxygen atoms in total. The quantitative estimate of drug-likeness (QED) is 0.680. The van der Waals surface area contributed by atoms with E-state index in [0.717, 1.165) is 0 Å². The highest BCUT2D eigenvalue weighted by Crippen LogP contribution is 2.29. The summed E-state index contributed by atoms with van der Waals surface area (Å²) in [5, 5.41) is 2.65. The minimum Gasteiger partial charge on any atom is -0.495 e. The molecular weight excluding hydrogens is 415 g/mol. The highest BCUT2D eigenvalue weighted by atomic mass is 32.2. The molecule has 3 rings (SSSR count). The van der Waals surface area contributed by atoms with E-state index >= 15 is 0 Å². The molecule has 2 aromatic rings. The maximum Gasteiger partial charge on any atom is 0.243 e. The number of methoxy groups -OCH3 is 1. The zero-order valence-corrected chi connectivity index (χ0v) is 17.3. The van der Waals surface area contributed by atoms with Gasteiger partial charge in [0.25, 0.3) is 0 Å². The van der Waals surface area contributed by atoms with Gasteiger partial charge in [-0.25, -0.2) is 12.8 Å². The van der Waals surface area contributed by atoms with Crippen LogP contribution >= 0.6 is 0 Å². The standard InChI is InChI=1S/C20H23FN2O6S/c1-27-19-6-5-17(30(25,26)23-8-11-28-12-9-23)14-18(19)22-20(24)7-10-29-16-4-2-3-15(21)13-16/h2-6,13-14H,7-12H2,1H3,(H,22,24). The van der Waals surface area contributed by atoms with Gasteiger partial charge in [-0.2, -0.15) is 4.31 Å². The van der Waals surface area contributed by atoms with Crippen molar-refractivity contribution in [1.82, 2.24) is 4.31 Å². The number of sulfonamides is 1. The molecule has 1 heterocycles. The monoisotopic (exact) mass is 438 g/mol. The second-order valence-electron chi connectivity index (χ2n) is 6.48. The lowest BCUT2D eigenvalue weighted by Crippen LogP contribution is -2.40. The van der Waals surface area contributed by atoms with E-state index in [1.165, 1.54) is 47.8 Å². The van der Waals surface area contributed by atoms with Gasteiger partial charge in [-0.05, 0) is 30.3 Å². The molecule has 1 fully saturated rings. The van der Waals surface area contributed by atoms with Gasteiger partial charge in [0.15, 0.2) is 0 Å². The van der Waals surface area contributed by atoms with Crippen molar-refractivity contribution in [2.24, 2.45) is 0 Å². The third-order valence-electron chi connectivity index (χ3n) is 4.45. The van der Waals surface area contributed by atoms with Gasteiger partial charge in [-0.3, -0.25) is 4.79 Å². The summed E-state index contributed by atoms with van der Waals surface area (Å²) in [5.74, 6) is -0.181. The van der Waals surface area contributed by atoms with Crippen LogP contribution in [0.4, 0.5) is 10.1 Å². The molecule has 0 unspecified atom stereocenters. The Balaban J connectivity index is 1.66. The molecule has 0 aliphatic carbocycles. The SMILES string of the molecule is COc1ccc(S(=O)(=O)N2CCOCC2)cc1NC(=O)CCOc1cccc(F)c1. The van der Waals surface area contributed by atoms with E-state index in [1.807, 2.05) is 0 Å². The van der Waals surface area contributed by atoms with Gasteiger partial charge in [0.1, 0.15) is 17.3 Å². The second-order valence-corrected chi connectivity index (χ2v) is 8.42. The van der Waals surface area contributed by atoms with Gasteiger partial charge in [0.2, 0.25) is 15.9 Å². The van der Waals surface area contributed by atoms with Crippen LogP contribution in [0.1, 0.15) is 6.42 Å². The number of carbonyl (C=O) groups is 1. The van der Waals surface area contributed by atoms with Crippen molar-refractivity contribution >= 4 is 21.6 Å². The van der Waals surface area contributed by atoms with Crippen LogP contribution < -0.4 is 14.8 Å². The summed E-state index contributed by atoms with van der Waals surface area (Å²) in [6, 6.07) is 9.91. The Bertz CT molecular complexity index is 993. The minimum atomic E-state index is -3.72. The Morgan fingerprint density at radius 2 is 1.97 bits per heavy atom. The Hall–Kier alpha value is -2.69. The number of benzene rings is 2. The largest absolute Gasteiger partial charge is 0.495 e. The topological polar surface area (TPSA) is 94.2 Å². The summed E-state index contributed by atoms with van der Waals surface area (Å²) in [6.07, 6.45) is -0.0138. The number of nitrogens with zero attached hydrogens (tertiary/aromatic N) is 1.